The molecule has 124 valence electrons. The molecular weight excluding hydrogens is 320 g/mol. The van der Waals surface area contributed by atoms with E-state index in [0.29, 0.717) is 12.0 Å². The van der Waals surface area contributed by atoms with E-state index in [4.69, 9.17) is 0 Å². The summed E-state index contributed by atoms with van der Waals surface area (Å²) in [4.78, 5) is 25.9. The third-order valence-electron chi connectivity index (χ3n) is 4.01. The number of anilines is 2. The lowest BCUT2D eigenvalue weighted by Gasteiger charge is -2.16. The van der Waals surface area contributed by atoms with E-state index in [1.807, 2.05) is 54.8 Å². The van der Waals surface area contributed by atoms with Crippen LogP contribution in [0.25, 0.3) is 0 Å². The number of carbonyl (C=O) groups is 2. The largest absolute Gasteiger partial charge is 0.322 e. The quantitative estimate of drug-likeness (QED) is 0.897. The van der Waals surface area contributed by atoms with E-state index in [1.165, 1.54) is 0 Å². The van der Waals surface area contributed by atoms with Gasteiger partial charge in [-0.15, -0.1) is 0 Å². The third-order valence-corrected chi connectivity index (χ3v) is 4.63. The molecular formula is C19H20N2O2S. The number of carbonyl (C=O) groups excluding carboxylic acids is 2. The Bertz CT molecular complexity index is 743. The Balaban J connectivity index is 1.68. The van der Waals surface area contributed by atoms with Gasteiger partial charge in [-0.3, -0.25) is 9.59 Å². The van der Waals surface area contributed by atoms with E-state index in [-0.39, 0.29) is 11.8 Å². The molecule has 0 radical (unpaired) electrons. The normalized spacial score (nSPS) is 14.0. The summed E-state index contributed by atoms with van der Waals surface area (Å²) < 4.78 is 0. The molecule has 1 N–H and O–H groups in total. The Morgan fingerprint density at radius 3 is 2.67 bits per heavy atom. The smallest absolute Gasteiger partial charge is 0.255 e. The lowest BCUT2D eigenvalue weighted by Crippen LogP contribution is -2.23. The van der Waals surface area contributed by atoms with Crippen molar-refractivity contribution in [1.29, 1.82) is 0 Å². The fraction of sp³-hybridized carbons (Fsp3) is 0.263. The molecule has 2 aromatic carbocycles. The number of amides is 2. The fourth-order valence-corrected chi connectivity index (χ4v) is 3.33. The summed E-state index contributed by atoms with van der Waals surface area (Å²) in [5.74, 6) is 0.931. The van der Waals surface area contributed by atoms with Crippen LogP contribution in [0.5, 0.6) is 0 Å². The second kappa shape index (κ2) is 7.53. The van der Waals surface area contributed by atoms with Gasteiger partial charge >= 0.3 is 0 Å². The molecule has 3 rings (SSSR count). The topological polar surface area (TPSA) is 49.4 Å². The lowest BCUT2D eigenvalue weighted by atomic mass is 10.1. The second-order valence-electron chi connectivity index (χ2n) is 5.78. The van der Waals surface area contributed by atoms with Gasteiger partial charge in [0.15, 0.2) is 0 Å². The van der Waals surface area contributed by atoms with Crippen LogP contribution in [0.1, 0.15) is 28.8 Å². The zero-order valence-corrected chi connectivity index (χ0v) is 14.4. The number of hydrogen-bond acceptors (Lipinski definition) is 3. The average molecular weight is 340 g/mol. The van der Waals surface area contributed by atoms with E-state index in [0.717, 1.165) is 35.7 Å². The fourth-order valence-electron chi connectivity index (χ4n) is 2.82. The highest BCUT2D eigenvalue weighted by Gasteiger charge is 2.21. The summed E-state index contributed by atoms with van der Waals surface area (Å²) in [6, 6.07) is 15.1. The number of rotatable bonds is 5. The number of hydrogen-bond donors (Lipinski definition) is 1. The molecule has 1 heterocycles. The Kier molecular flexibility index (Phi) is 5.20. The molecule has 1 aliphatic rings. The molecule has 0 bridgehead atoms. The van der Waals surface area contributed by atoms with Crippen molar-refractivity contribution in [2.45, 2.75) is 18.6 Å². The summed E-state index contributed by atoms with van der Waals surface area (Å²) >= 11 is 1.73. The highest BCUT2D eigenvalue weighted by molar-refractivity contribution is 7.97. The van der Waals surface area contributed by atoms with Gasteiger partial charge in [0.2, 0.25) is 5.91 Å². The van der Waals surface area contributed by atoms with Gasteiger partial charge in [-0.25, -0.2) is 0 Å². The van der Waals surface area contributed by atoms with Crippen molar-refractivity contribution in [2.75, 3.05) is 23.0 Å². The minimum Gasteiger partial charge on any atom is -0.322 e. The molecule has 0 aliphatic carbocycles. The van der Waals surface area contributed by atoms with Gasteiger partial charge < -0.3 is 10.2 Å². The predicted octanol–water partition coefficient (Wildman–Crippen LogP) is 3.93. The Morgan fingerprint density at radius 1 is 1.21 bits per heavy atom. The molecule has 1 saturated heterocycles. The molecule has 1 aliphatic heterocycles. The zero-order chi connectivity index (χ0) is 16.9. The van der Waals surface area contributed by atoms with Crippen molar-refractivity contribution in [3.8, 4) is 0 Å². The van der Waals surface area contributed by atoms with E-state index >= 15 is 0 Å². The van der Waals surface area contributed by atoms with E-state index in [2.05, 4.69) is 5.32 Å². The number of thioether (sulfide) groups is 1. The summed E-state index contributed by atoms with van der Waals surface area (Å²) in [6.45, 7) is 0.771. The Labute approximate surface area is 146 Å². The first-order valence-electron chi connectivity index (χ1n) is 7.97. The van der Waals surface area contributed by atoms with Crippen LogP contribution in [0, 0.1) is 0 Å². The summed E-state index contributed by atoms with van der Waals surface area (Å²) in [7, 11) is 0. The maximum Gasteiger partial charge on any atom is 0.255 e. The standard InChI is InChI=1S/C19H20N2O2S/c1-24-13-14-4-2-5-15(12-14)19(23)20-16-7-9-17(10-8-16)21-11-3-6-18(21)22/h2,4-5,7-10,12H,3,6,11,13H2,1H3,(H,20,23). The Hall–Kier alpha value is -2.27. The van der Waals surface area contributed by atoms with Crippen LogP contribution in [0.2, 0.25) is 0 Å². The molecule has 1 fully saturated rings. The Morgan fingerprint density at radius 2 is 2.00 bits per heavy atom. The monoisotopic (exact) mass is 340 g/mol. The maximum absolute atomic E-state index is 12.4. The third kappa shape index (κ3) is 3.79. The van der Waals surface area contributed by atoms with Crippen LogP contribution >= 0.6 is 11.8 Å². The van der Waals surface area contributed by atoms with Crippen molar-refractivity contribution in [1.82, 2.24) is 0 Å². The van der Waals surface area contributed by atoms with E-state index in [1.54, 1.807) is 16.7 Å². The van der Waals surface area contributed by atoms with Crippen LogP contribution in [0.15, 0.2) is 48.5 Å². The molecule has 0 aromatic heterocycles. The molecule has 0 saturated carbocycles. The second-order valence-corrected chi connectivity index (χ2v) is 6.65. The number of benzene rings is 2. The van der Waals surface area contributed by atoms with Gasteiger partial charge in [-0.2, -0.15) is 11.8 Å². The first-order valence-corrected chi connectivity index (χ1v) is 9.36. The first-order chi connectivity index (χ1) is 11.7. The van der Waals surface area contributed by atoms with E-state index < -0.39 is 0 Å². The highest BCUT2D eigenvalue weighted by Crippen LogP contribution is 2.23. The minimum absolute atomic E-state index is 0.122. The SMILES string of the molecule is CSCc1cccc(C(=O)Nc2ccc(N3CCCC3=O)cc2)c1. The van der Waals surface area contributed by atoms with Crippen LogP contribution in [-0.2, 0) is 10.5 Å². The van der Waals surface area contributed by atoms with Gasteiger partial charge in [-0.05, 0) is 54.6 Å². The van der Waals surface area contributed by atoms with Crippen LogP contribution < -0.4 is 10.2 Å². The molecule has 2 aromatic rings. The van der Waals surface area contributed by atoms with Crippen molar-refractivity contribution in [3.05, 3.63) is 59.7 Å². The van der Waals surface area contributed by atoms with Crippen molar-refractivity contribution in [3.63, 3.8) is 0 Å². The van der Waals surface area contributed by atoms with Crippen LogP contribution in [0.4, 0.5) is 11.4 Å². The lowest BCUT2D eigenvalue weighted by molar-refractivity contribution is -0.117. The molecule has 0 spiro atoms. The average Bonchev–Trinajstić information content (AvgIpc) is 3.02. The molecule has 4 nitrogen and oxygen atoms in total. The van der Waals surface area contributed by atoms with Gasteiger partial charge in [0.25, 0.3) is 5.91 Å². The maximum atomic E-state index is 12.4. The molecule has 5 heteroatoms. The zero-order valence-electron chi connectivity index (χ0n) is 13.6. The molecule has 0 unspecified atom stereocenters. The highest BCUT2D eigenvalue weighted by atomic mass is 32.2. The first kappa shape index (κ1) is 16.6. The molecule has 24 heavy (non-hydrogen) atoms. The van der Waals surface area contributed by atoms with Gasteiger partial charge in [-0.1, -0.05) is 12.1 Å². The predicted molar refractivity (Wildman–Crippen MR) is 99.6 cm³/mol. The molecule has 0 atom stereocenters. The van der Waals surface area contributed by atoms with Crippen molar-refractivity contribution < 1.29 is 9.59 Å². The number of nitrogens with one attached hydrogen (secondary N) is 1. The summed E-state index contributed by atoms with van der Waals surface area (Å²) in [5.41, 5.74) is 3.40. The van der Waals surface area contributed by atoms with Crippen molar-refractivity contribution in [2.24, 2.45) is 0 Å². The van der Waals surface area contributed by atoms with Gasteiger partial charge in [0, 0.05) is 35.7 Å². The van der Waals surface area contributed by atoms with Gasteiger partial charge in [0.05, 0.1) is 0 Å². The minimum atomic E-state index is -0.122. The van der Waals surface area contributed by atoms with Crippen molar-refractivity contribution >= 4 is 35.0 Å². The summed E-state index contributed by atoms with van der Waals surface area (Å²) in [5, 5.41) is 2.91. The van der Waals surface area contributed by atoms with Crippen LogP contribution in [0.3, 0.4) is 0 Å². The van der Waals surface area contributed by atoms with Crippen LogP contribution in [-0.4, -0.2) is 24.6 Å². The van der Waals surface area contributed by atoms with E-state index in [9.17, 15) is 9.59 Å². The molecule has 2 amide bonds. The van der Waals surface area contributed by atoms with Gasteiger partial charge in [0.1, 0.15) is 0 Å². The number of nitrogens with zero attached hydrogens (tertiary/aromatic N) is 1. The summed E-state index contributed by atoms with van der Waals surface area (Å²) in [6.07, 6.45) is 3.56.